The highest BCUT2D eigenvalue weighted by molar-refractivity contribution is 5.98. The number of methoxy groups -OCH3 is 1. The molecule has 1 amide bonds. The molecule has 0 radical (unpaired) electrons. The molecular formula is C24H18F6N4O4. The van der Waals surface area contributed by atoms with Crippen LogP contribution in [0.25, 0.3) is 22.4 Å². The van der Waals surface area contributed by atoms with E-state index in [4.69, 9.17) is 14.9 Å². The highest BCUT2D eigenvalue weighted by atomic mass is 19.4. The number of carbonyl (C=O) groups is 1. The smallest absolute Gasteiger partial charge is 0.494 e. The number of nitrogens with two attached hydrogens (primary N) is 1. The molecule has 0 atom stereocenters. The fourth-order valence-corrected chi connectivity index (χ4v) is 3.56. The van der Waals surface area contributed by atoms with Crippen LogP contribution in [0.4, 0.5) is 26.3 Å². The molecule has 3 N–H and O–H groups in total. The number of carbonyl (C=O) groups excluding carboxylic acids is 1. The summed E-state index contributed by atoms with van der Waals surface area (Å²) < 4.78 is 91.1. The van der Waals surface area contributed by atoms with Crippen molar-refractivity contribution in [2.45, 2.75) is 25.6 Å². The van der Waals surface area contributed by atoms with Gasteiger partial charge in [0.25, 0.3) is 5.91 Å². The van der Waals surface area contributed by atoms with Gasteiger partial charge in [0.2, 0.25) is 5.89 Å². The van der Waals surface area contributed by atoms with Crippen LogP contribution in [0.2, 0.25) is 0 Å². The molecule has 0 spiro atoms. The van der Waals surface area contributed by atoms with Crippen LogP contribution in [0.15, 0.2) is 52.9 Å². The van der Waals surface area contributed by atoms with Crippen molar-refractivity contribution >= 4 is 16.8 Å². The Labute approximate surface area is 210 Å². The van der Waals surface area contributed by atoms with Gasteiger partial charge >= 0.3 is 12.5 Å². The molecule has 0 aliphatic heterocycles. The number of nitrogens with zero attached hydrogens (tertiary/aromatic N) is 2. The Morgan fingerprint density at radius 2 is 1.71 bits per heavy atom. The Kier molecular flexibility index (Phi) is 7.18. The van der Waals surface area contributed by atoms with Crippen molar-refractivity contribution in [3.8, 4) is 23.0 Å². The van der Waals surface area contributed by atoms with E-state index in [1.165, 1.54) is 37.4 Å². The quantitative estimate of drug-likeness (QED) is 0.310. The van der Waals surface area contributed by atoms with Gasteiger partial charge in [0, 0.05) is 17.5 Å². The molecule has 14 heteroatoms. The molecule has 200 valence electrons. The number of alkyl halides is 6. The number of rotatable bonds is 7. The maximum atomic E-state index is 13.2. The molecule has 0 bridgehead atoms. The van der Waals surface area contributed by atoms with Gasteiger partial charge in [0.15, 0.2) is 11.5 Å². The predicted molar refractivity (Wildman–Crippen MR) is 121 cm³/mol. The van der Waals surface area contributed by atoms with Crippen LogP contribution in [0.3, 0.4) is 0 Å². The van der Waals surface area contributed by atoms with Crippen molar-refractivity contribution < 1.29 is 45.0 Å². The Morgan fingerprint density at radius 1 is 1.00 bits per heavy atom. The lowest BCUT2D eigenvalue weighted by Crippen LogP contribution is -2.24. The largest absolute Gasteiger partial charge is 0.573 e. The molecule has 38 heavy (non-hydrogen) atoms. The number of fused-ring (bicyclic) bond motifs is 1. The van der Waals surface area contributed by atoms with E-state index in [1.807, 2.05) is 0 Å². The molecule has 0 saturated heterocycles. The second-order valence-corrected chi connectivity index (χ2v) is 7.78. The number of halogens is 6. The van der Waals surface area contributed by atoms with Gasteiger partial charge in [-0.15, -0.1) is 13.2 Å². The van der Waals surface area contributed by atoms with E-state index in [-0.39, 0.29) is 52.7 Å². The Morgan fingerprint density at radius 3 is 2.32 bits per heavy atom. The van der Waals surface area contributed by atoms with Crippen LogP contribution in [0, 0.1) is 0 Å². The van der Waals surface area contributed by atoms with Crippen LogP contribution in [-0.4, -0.2) is 29.3 Å². The minimum absolute atomic E-state index is 0.00950. The number of hydrogen-bond donors (Lipinski definition) is 2. The molecule has 8 nitrogen and oxygen atoms in total. The number of nitrogens with one attached hydrogen (secondary N) is 1. The summed E-state index contributed by atoms with van der Waals surface area (Å²) in [5.74, 6) is -1.09. The van der Waals surface area contributed by atoms with E-state index in [9.17, 15) is 31.1 Å². The first-order valence-electron chi connectivity index (χ1n) is 10.8. The molecule has 0 unspecified atom stereocenters. The topological polar surface area (TPSA) is 112 Å². The molecular weight excluding hydrogens is 522 g/mol. The highest BCUT2D eigenvalue weighted by Crippen LogP contribution is 2.37. The van der Waals surface area contributed by atoms with E-state index >= 15 is 0 Å². The van der Waals surface area contributed by atoms with Crippen LogP contribution in [-0.2, 0) is 19.3 Å². The van der Waals surface area contributed by atoms with Gasteiger partial charge in [-0.1, -0.05) is 12.1 Å². The molecule has 0 aliphatic rings. The molecule has 4 aromatic rings. The third kappa shape index (κ3) is 5.80. The summed E-state index contributed by atoms with van der Waals surface area (Å²) in [7, 11) is 1.29. The number of amides is 1. The van der Waals surface area contributed by atoms with Gasteiger partial charge in [0.1, 0.15) is 22.7 Å². The fraction of sp³-hybridized carbons (Fsp3) is 0.208. The summed E-state index contributed by atoms with van der Waals surface area (Å²) in [5, 5.41) is 2.80. The summed E-state index contributed by atoms with van der Waals surface area (Å²) in [6.45, 7) is -0.281. The number of benzene rings is 2. The van der Waals surface area contributed by atoms with Crippen LogP contribution < -0.4 is 20.5 Å². The maximum Gasteiger partial charge on any atom is 0.573 e. The van der Waals surface area contributed by atoms with Gasteiger partial charge in [-0.25, -0.2) is 9.97 Å². The van der Waals surface area contributed by atoms with Gasteiger partial charge in [-0.05, 0) is 42.0 Å². The second-order valence-electron chi connectivity index (χ2n) is 7.78. The predicted octanol–water partition coefficient (Wildman–Crippen LogP) is 5.20. The van der Waals surface area contributed by atoms with Crippen molar-refractivity contribution in [1.82, 2.24) is 15.3 Å². The van der Waals surface area contributed by atoms with Crippen molar-refractivity contribution in [3.05, 3.63) is 71.2 Å². The highest BCUT2D eigenvalue weighted by Gasteiger charge is 2.33. The Hall–Kier alpha value is -4.33. The van der Waals surface area contributed by atoms with Crippen LogP contribution >= 0.6 is 0 Å². The zero-order chi connectivity index (χ0) is 27.7. The average molecular weight is 540 g/mol. The molecule has 0 fully saturated rings. The standard InChI is InChI=1S/C24H18F6N4O4/c1-36-16-8-6-15(14-7-9-18(23(25,26)27)33-19(14)16)22-34-20(17(10-31)37-22)21(35)32-11-12-2-4-13(5-3-12)38-24(28,29)30/h2-9H,10-11,31H2,1H3,(H,32,35). The summed E-state index contributed by atoms with van der Waals surface area (Å²) in [6, 6.07) is 9.76. The normalized spacial score (nSPS) is 12.0. The molecule has 2 aromatic carbocycles. The third-order valence-corrected chi connectivity index (χ3v) is 5.27. The van der Waals surface area contributed by atoms with Crippen molar-refractivity contribution in [3.63, 3.8) is 0 Å². The molecule has 0 saturated carbocycles. The fourth-order valence-electron chi connectivity index (χ4n) is 3.56. The van der Waals surface area contributed by atoms with Crippen molar-refractivity contribution in [1.29, 1.82) is 0 Å². The zero-order valence-electron chi connectivity index (χ0n) is 19.4. The second kappa shape index (κ2) is 10.2. The number of aromatic nitrogens is 2. The molecule has 0 aliphatic carbocycles. The Bertz CT molecular complexity index is 1470. The summed E-state index contributed by atoms with van der Waals surface area (Å²) >= 11 is 0. The van der Waals surface area contributed by atoms with E-state index in [2.05, 4.69) is 20.0 Å². The van der Waals surface area contributed by atoms with E-state index in [0.717, 1.165) is 18.2 Å². The van der Waals surface area contributed by atoms with E-state index in [1.54, 1.807) is 0 Å². The first-order valence-corrected chi connectivity index (χ1v) is 10.8. The number of pyridine rings is 1. The summed E-state index contributed by atoms with van der Waals surface area (Å²) in [6.07, 6.45) is -9.51. The lowest BCUT2D eigenvalue weighted by atomic mass is 10.1. The van der Waals surface area contributed by atoms with Gasteiger partial charge < -0.3 is 24.9 Å². The number of oxazole rings is 1. The van der Waals surface area contributed by atoms with Gasteiger partial charge in [0.05, 0.1) is 13.7 Å². The number of hydrogen-bond acceptors (Lipinski definition) is 7. The number of ether oxygens (including phenoxy) is 2. The van der Waals surface area contributed by atoms with E-state index < -0.39 is 29.9 Å². The summed E-state index contributed by atoms with van der Waals surface area (Å²) in [5.41, 5.74) is 5.05. The Balaban J connectivity index is 1.60. The summed E-state index contributed by atoms with van der Waals surface area (Å²) in [4.78, 5) is 20.7. The van der Waals surface area contributed by atoms with Crippen LogP contribution in [0.5, 0.6) is 11.5 Å². The maximum absolute atomic E-state index is 13.2. The van der Waals surface area contributed by atoms with Crippen molar-refractivity contribution in [2.75, 3.05) is 7.11 Å². The third-order valence-electron chi connectivity index (χ3n) is 5.27. The first-order chi connectivity index (χ1) is 17.9. The van der Waals surface area contributed by atoms with Gasteiger partial charge in [-0.2, -0.15) is 13.2 Å². The lowest BCUT2D eigenvalue weighted by Gasteiger charge is -2.11. The molecule has 2 heterocycles. The average Bonchev–Trinajstić information content (AvgIpc) is 3.30. The SMILES string of the molecule is COc1ccc(-c2nc(C(=O)NCc3ccc(OC(F)(F)F)cc3)c(CN)o2)c2ccc(C(F)(F)F)nc12. The minimum atomic E-state index is -4.83. The minimum Gasteiger partial charge on any atom is -0.494 e. The van der Waals surface area contributed by atoms with Crippen LogP contribution in [0.1, 0.15) is 27.5 Å². The first kappa shape index (κ1) is 26.7. The monoisotopic (exact) mass is 540 g/mol. The van der Waals surface area contributed by atoms with Crippen molar-refractivity contribution in [2.24, 2.45) is 5.73 Å². The molecule has 2 aromatic heterocycles. The van der Waals surface area contributed by atoms with E-state index in [0.29, 0.717) is 5.56 Å². The molecule has 4 rings (SSSR count). The van der Waals surface area contributed by atoms with Gasteiger partial charge in [-0.3, -0.25) is 4.79 Å². The zero-order valence-corrected chi connectivity index (χ0v) is 19.4. The lowest BCUT2D eigenvalue weighted by molar-refractivity contribution is -0.274.